The number of ether oxygens (including phenoxy) is 2. The quantitative estimate of drug-likeness (QED) is 0.665. The Labute approximate surface area is 140 Å². The molecule has 0 saturated heterocycles. The Morgan fingerprint density at radius 1 is 1.29 bits per heavy atom. The number of hydrogen-bond donors (Lipinski definition) is 3. The van der Waals surface area contributed by atoms with E-state index in [2.05, 4.69) is 10.3 Å². The Bertz CT molecular complexity index is 570. The first-order chi connectivity index (χ1) is 11.1. The van der Waals surface area contributed by atoms with Crippen molar-refractivity contribution in [3.63, 3.8) is 0 Å². The predicted octanol–water partition coefficient (Wildman–Crippen LogP) is 1.18. The number of aliphatic hydroxyl groups excluding tert-OH is 2. The summed E-state index contributed by atoms with van der Waals surface area (Å²) in [7, 11) is 0. The summed E-state index contributed by atoms with van der Waals surface area (Å²) in [5.74, 6) is -0.618. The minimum absolute atomic E-state index is 0.0284. The molecule has 1 heterocycles. The largest absolute Gasteiger partial charge is 0.461 e. The number of amides is 1. The summed E-state index contributed by atoms with van der Waals surface area (Å²) in [5.41, 5.74) is -0.539. The highest BCUT2D eigenvalue weighted by atomic mass is 16.6. The zero-order valence-corrected chi connectivity index (χ0v) is 14.3. The molecule has 8 heteroatoms. The van der Waals surface area contributed by atoms with Gasteiger partial charge in [0.25, 0.3) is 0 Å². The summed E-state index contributed by atoms with van der Waals surface area (Å²) in [6.07, 6.45) is -3.40. The normalized spacial score (nSPS) is 13.8. The highest BCUT2D eigenvalue weighted by Gasteiger charge is 2.23. The Morgan fingerprint density at radius 2 is 1.96 bits per heavy atom. The predicted molar refractivity (Wildman–Crippen MR) is 85.4 cm³/mol. The standard InChI is InChI=1S/C16H24N2O6/c1-5-23-14(21)11-8-6-7-10(18-11)13(20)12(19)9-17-15(22)24-16(2,3)4/h6-8,12-13,19-20H,5,9H2,1-4H3,(H,17,22). The Kier molecular flexibility index (Phi) is 7.12. The van der Waals surface area contributed by atoms with E-state index in [1.807, 2.05) is 0 Å². The van der Waals surface area contributed by atoms with E-state index in [0.717, 1.165) is 0 Å². The maximum Gasteiger partial charge on any atom is 0.407 e. The molecule has 1 aromatic heterocycles. The number of alkyl carbamates (subject to hydrolysis) is 1. The second-order valence-corrected chi connectivity index (χ2v) is 6.06. The van der Waals surface area contributed by atoms with Gasteiger partial charge in [0.2, 0.25) is 0 Å². The van der Waals surface area contributed by atoms with Gasteiger partial charge in [-0.1, -0.05) is 6.07 Å². The molecule has 0 saturated carbocycles. The molecule has 0 aliphatic heterocycles. The van der Waals surface area contributed by atoms with Crippen LogP contribution in [0.25, 0.3) is 0 Å². The zero-order chi connectivity index (χ0) is 18.3. The van der Waals surface area contributed by atoms with Crippen LogP contribution in [0.5, 0.6) is 0 Å². The van der Waals surface area contributed by atoms with E-state index >= 15 is 0 Å². The molecular formula is C16H24N2O6. The van der Waals surface area contributed by atoms with Gasteiger partial charge in [-0.3, -0.25) is 0 Å². The van der Waals surface area contributed by atoms with Crippen LogP contribution in [0.2, 0.25) is 0 Å². The summed E-state index contributed by atoms with van der Waals surface area (Å²) in [6.45, 7) is 6.77. The van der Waals surface area contributed by atoms with E-state index in [-0.39, 0.29) is 24.5 Å². The molecule has 2 atom stereocenters. The molecule has 134 valence electrons. The van der Waals surface area contributed by atoms with Gasteiger partial charge in [0.15, 0.2) is 0 Å². The Hall–Kier alpha value is -2.19. The second-order valence-electron chi connectivity index (χ2n) is 6.06. The van der Waals surface area contributed by atoms with E-state index in [9.17, 15) is 19.8 Å². The lowest BCUT2D eigenvalue weighted by molar-refractivity contribution is 0.0107. The van der Waals surface area contributed by atoms with Gasteiger partial charge in [-0.05, 0) is 39.8 Å². The van der Waals surface area contributed by atoms with Crippen LogP contribution in [0.4, 0.5) is 4.79 Å². The lowest BCUT2D eigenvalue weighted by Crippen LogP contribution is -2.39. The van der Waals surface area contributed by atoms with E-state index in [0.29, 0.717) is 0 Å². The van der Waals surface area contributed by atoms with Crippen LogP contribution in [0.15, 0.2) is 18.2 Å². The summed E-state index contributed by atoms with van der Waals surface area (Å²) in [6, 6.07) is 4.43. The van der Waals surface area contributed by atoms with Gasteiger partial charge in [0, 0.05) is 6.54 Å². The van der Waals surface area contributed by atoms with Crippen LogP contribution < -0.4 is 5.32 Å². The van der Waals surface area contributed by atoms with Crippen molar-refractivity contribution in [3.05, 3.63) is 29.6 Å². The second kappa shape index (κ2) is 8.60. The summed E-state index contributed by atoms with van der Waals surface area (Å²) >= 11 is 0. The third kappa shape index (κ3) is 6.51. The Balaban J connectivity index is 2.65. The number of rotatable bonds is 6. The molecular weight excluding hydrogens is 316 g/mol. The lowest BCUT2D eigenvalue weighted by Gasteiger charge is -2.22. The number of aromatic nitrogens is 1. The van der Waals surface area contributed by atoms with E-state index in [4.69, 9.17) is 9.47 Å². The third-order valence-corrected chi connectivity index (χ3v) is 2.78. The minimum atomic E-state index is -1.38. The molecule has 0 fully saturated rings. The first-order valence-corrected chi connectivity index (χ1v) is 7.61. The van der Waals surface area contributed by atoms with Crippen molar-refractivity contribution in [1.82, 2.24) is 10.3 Å². The molecule has 0 aromatic carbocycles. The number of esters is 1. The average Bonchev–Trinajstić information content (AvgIpc) is 2.50. The van der Waals surface area contributed by atoms with Gasteiger partial charge in [-0.15, -0.1) is 0 Å². The lowest BCUT2D eigenvalue weighted by atomic mass is 10.1. The number of aliphatic hydroxyl groups is 2. The number of carbonyl (C=O) groups is 2. The van der Waals surface area contributed by atoms with Crippen molar-refractivity contribution in [2.75, 3.05) is 13.2 Å². The molecule has 0 radical (unpaired) electrons. The SMILES string of the molecule is CCOC(=O)c1cccc(C(O)C(O)CNC(=O)OC(C)(C)C)n1. The molecule has 2 unspecified atom stereocenters. The molecule has 0 spiro atoms. The van der Waals surface area contributed by atoms with Crippen LogP contribution in [0.1, 0.15) is 50.0 Å². The number of carbonyl (C=O) groups excluding carboxylic acids is 2. The van der Waals surface area contributed by atoms with Gasteiger partial charge in [-0.25, -0.2) is 14.6 Å². The van der Waals surface area contributed by atoms with Crippen LogP contribution in [-0.2, 0) is 9.47 Å². The van der Waals surface area contributed by atoms with Crippen molar-refractivity contribution in [2.24, 2.45) is 0 Å². The van der Waals surface area contributed by atoms with E-state index < -0.39 is 29.9 Å². The zero-order valence-electron chi connectivity index (χ0n) is 14.3. The Morgan fingerprint density at radius 3 is 2.54 bits per heavy atom. The first-order valence-electron chi connectivity index (χ1n) is 7.61. The summed E-state index contributed by atoms with van der Waals surface area (Å²) < 4.78 is 9.86. The molecule has 0 bridgehead atoms. The molecule has 1 amide bonds. The van der Waals surface area contributed by atoms with Crippen molar-refractivity contribution >= 4 is 12.1 Å². The number of hydrogen-bond acceptors (Lipinski definition) is 7. The smallest absolute Gasteiger partial charge is 0.407 e. The van der Waals surface area contributed by atoms with Crippen LogP contribution in [0, 0.1) is 0 Å². The summed E-state index contributed by atoms with van der Waals surface area (Å²) in [4.78, 5) is 27.1. The van der Waals surface area contributed by atoms with Gasteiger partial charge in [-0.2, -0.15) is 0 Å². The number of nitrogens with one attached hydrogen (secondary N) is 1. The maximum absolute atomic E-state index is 11.6. The minimum Gasteiger partial charge on any atom is -0.461 e. The van der Waals surface area contributed by atoms with Crippen LogP contribution >= 0.6 is 0 Å². The molecule has 1 rings (SSSR count). The van der Waals surface area contributed by atoms with Crippen molar-refractivity contribution in [1.29, 1.82) is 0 Å². The molecule has 1 aromatic rings. The third-order valence-electron chi connectivity index (χ3n) is 2.78. The van der Waals surface area contributed by atoms with Gasteiger partial charge >= 0.3 is 12.1 Å². The highest BCUT2D eigenvalue weighted by Crippen LogP contribution is 2.15. The topological polar surface area (TPSA) is 118 Å². The fraction of sp³-hybridized carbons (Fsp3) is 0.562. The molecule has 3 N–H and O–H groups in total. The molecule has 8 nitrogen and oxygen atoms in total. The fourth-order valence-electron chi connectivity index (χ4n) is 1.75. The maximum atomic E-state index is 11.6. The number of nitrogens with zero attached hydrogens (tertiary/aromatic N) is 1. The summed E-state index contributed by atoms with van der Waals surface area (Å²) in [5, 5.41) is 22.4. The molecule has 0 aliphatic rings. The number of pyridine rings is 1. The van der Waals surface area contributed by atoms with E-state index in [1.54, 1.807) is 27.7 Å². The monoisotopic (exact) mass is 340 g/mol. The fourth-order valence-corrected chi connectivity index (χ4v) is 1.75. The van der Waals surface area contributed by atoms with Crippen LogP contribution in [-0.4, -0.2) is 52.1 Å². The van der Waals surface area contributed by atoms with Crippen molar-refractivity contribution < 1.29 is 29.3 Å². The van der Waals surface area contributed by atoms with Crippen LogP contribution in [0.3, 0.4) is 0 Å². The molecule has 24 heavy (non-hydrogen) atoms. The average molecular weight is 340 g/mol. The first kappa shape index (κ1) is 19.9. The highest BCUT2D eigenvalue weighted by molar-refractivity contribution is 5.87. The van der Waals surface area contributed by atoms with E-state index in [1.165, 1.54) is 18.2 Å². The van der Waals surface area contributed by atoms with Gasteiger partial charge in [0.1, 0.15) is 23.5 Å². The van der Waals surface area contributed by atoms with Crippen molar-refractivity contribution in [2.45, 2.75) is 45.5 Å². The van der Waals surface area contributed by atoms with Gasteiger partial charge < -0.3 is 25.0 Å². The molecule has 0 aliphatic carbocycles. The van der Waals surface area contributed by atoms with Crippen molar-refractivity contribution in [3.8, 4) is 0 Å². The van der Waals surface area contributed by atoms with Gasteiger partial charge in [0.05, 0.1) is 12.3 Å².